The Balaban J connectivity index is 1.24. The Bertz CT molecular complexity index is 956. The van der Waals surface area contributed by atoms with Crippen molar-refractivity contribution in [3.8, 4) is 0 Å². The maximum atomic E-state index is 12.8. The summed E-state index contributed by atoms with van der Waals surface area (Å²) < 4.78 is 34.0. The Morgan fingerprint density at radius 1 is 1.06 bits per heavy atom. The summed E-state index contributed by atoms with van der Waals surface area (Å²) in [6.45, 7) is 7.36. The van der Waals surface area contributed by atoms with Crippen LogP contribution >= 0.6 is 0 Å². The van der Waals surface area contributed by atoms with Gasteiger partial charge in [0.05, 0.1) is 27.6 Å². The van der Waals surface area contributed by atoms with Crippen LogP contribution in [0.2, 0.25) is 0 Å². The molecular formula is C28H46NO6S-. The zero-order valence-corrected chi connectivity index (χ0v) is 23.1. The largest absolute Gasteiger partial charge is 0.748 e. The van der Waals surface area contributed by atoms with Crippen LogP contribution in [0.1, 0.15) is 91.4 Å². The van der Waals surface area contributed by atoms with Gasteiger partial charge in [0.15, 0.2) is 0 Å². The summed E-state index contributed by atoms with van der Waals surface area (Å²) in [7, 11) is -4.35. The monoisotopic (exact) mass is 524 g/mol. The SMILES string of the molecule is C[C@H](CCC(=O)N1CC[C@H](S(=O)(=O)[O-])C1)[C@H]1CC[C@H]2[C@@H]3CC[C@@H]4C[C@H](O)CC[C@]4(C)[C@H]3C[C@H](O)[C@]12C. The van der Waals surface area contributed by atoms with Crippen molar-refractivity contribution in [1.82, 2.24) is 4.90 Å². The molecule has 5 fully saturated rings. The molecule has 2 N–H and O–H groups in total. The van der Waals surface area contributed by atoms with Gasteiger partial charge in [-0.25, -0.2) is 8.42 Å². The van der Waals surface area contributed by atoms with Gasteiger partial charge in [-0.15, -0.1) is 0 Å². The number of hydrogen-bond acceptors (Lipinski definition) is 6. The third kappa shape index (κ3) is 4.36. The van der Waals surface area contributed by atoms with Gasteiger partial charge in [-0.2, -0.15) is 0 Å². The normalized spacial score (nSPS) is 47.7. The van der Waals surface area contributed by atoms with E-state index in [1.807, 2.05) is 0 Å². The van der Waals surface area contributed by atoms with E-state index in [0.29, 0.717) is 48.5 Å². The lowest BCUT2D eigenvalue weighted by Crippen LogP contribution is -2.58. The first-order chi connectivity index (χ1) is 16.9. The van der Waals surface area contributed by atoms with Crippen LogP contribution in [0.3, 0.4) is 0 Å². The molecule has 0 aromatic heterocycles. The molecule has 1 heterocycles. The smallest absolute Gasteiger partial charge is 0.222 e. The van der Waals surface area contributed by atoms with E-state index in [-0.39, 0.29) is 41.9 Å². The summed E-state index contributed by atoms with van der Waals surface area (Å²) in [5.41, 5.74) is 0.0993. The van der Waals surface area contributed by atoms with Gasteiger partial charge < -0.3 is 19.7 Å². The number of carbonyl (C=O) groups is 1. The quantitative estimate of drug-likeness (QED) is 0.531. The van der Waals surface area contributed by atoms with E-state index in [0.717, 1.165) is 44.9 Å². The number of carbonyl (C=O) groups excluding carboxylic acids is 1. The average Bonchev–Trinajstić information content (AvgIpc) is 3.45. The van der Waals surface area contributed by atoms with Crippen molar-refractivity contribution < 1.29 is 28.0 Å². The van der Waals surface area contributed by atoms with Gasteiger partial charge in [0.1, 0.15) is 0 Å². The molecular weight excluding hydrogens is 478 g/mol. The van der Waals surface area contributed by atoms with Gasteiger partial charge in [-0.05, 0) is 111 Å². The number of fused-ring (bicyclic) bond motifs is 5. The molecule has 206 valence electrons. The highest BCUT2D eigenvalue weighted by Gasteiger charge is 2.63. The minimum absolute atomic E-state index is 0.0286. The number of hydrogen-bond donors (Lipinski definition) is 2. The van der Waals surface area contributed by atoms with Gasteiger partial charge >= 0.3 is 0 Å². The number of likely N-dealkylation sites (tertiary alicyclic amines) is 1. The van der Waals surface area contributed by atoms with Crippen molar-refractivity contribution >= 4 is 16.0 Å². The van der Waals surface area contributed by atoms with Crippen molar-refractivity contribution in [3.05, 3.63) is 0 Å². The van der Waals surface area contributed by atoms with Gasteiger partial charge in [-0.3, -0.25) is 4.79 Å². The van der Waals surface area contributed by atoms with E-state index in [4.69, 9.17) is 0 Å². The topological polar surface area (TPSA) is 118 Å². The molecule has 8 heteroatoms. The van der Waals surface area contributed by atoms with Gasteiger partial charge in [0.25, 0.3) is 0 Å². The molecule has 36 heavy (non-hydrogen) atoms. The molecule has 0 aromatic carbocycles. The predicted molar refractivity (Wildman–Crippen MR) is 136 cm³/mol. The standard InChI is InChI=1S/C28H47NO6S/c1-17(4-9-26(32)29-13-11-20(16-29)36(33,34)35)22-7-8-23-21-6-5-18-14-19(30)10-12-27(18,2)24(21)15-25(31)28(22,23)3/h17-25,30-31H,4-16H2,1-3H3,(H,33,34,35)/p-1/t17-,18-,19-,20+,21+,22-,23+,24+,25+,27+,28-/m1/s1. The van der Waals surface area contributed by atoms with Crippen molar-refractivity contribution in [2.24, 2.45) is 46.3 Å². The lowest BCUT2D eigenvalue weighted by molar-refractivity contribution is -0.175. The van der Waals surface area contributed by atoms with E-state index in [2.05, 4.69) is 20.8 Å². The second-order valence-electron chi connectivity index (χ2n) is 13.6. The summed E-state index contributed by atoms with van der Waals surface area (Å²) in [6.07, 6.45) is 9.24. The molecule has 1 amide bonds. The van der Waals surface area contributed by atoms with Crippen LogP contribution in [0.4, 0.5) is 0 Å². The fourth-order valence-electron chi connectivity index (χ4n) is 10.1. The first-order valence-electron chi connectivity index (χ1n) is 14.4. The summed E-state index contributed by atoms with van der Waals surface area (Å²) in [6, 6.07) is 0. The minimum atomic E-state index is -4.35. The van der Waals surface area contributed by atoms with Crippen LogP contribution in [-0.2, 0) is 14.9 Å². The molecule has 11 atom stereocenters. The number of aliphatic hydroxyl groups excluding tert-OH is 2. The molecule has 0 unspecified atom stereocenters. The second kappa shape index (κ2) is 9.49. The Morgan fingerprint density at radius 2 is 1.81 bits per heavy atom. The second-order valence-corrected chi connectivity index (χ2v) is 15.3. The highest BCUT2D eigenvalue weighted by Crippen LogP contribution is 2.68. The summed E-state index contributed by atoms with van der Waals surface area (Å²) in [5, 5.41) is 21.0. The molecule has 0 aromatic rings. The van der Waals surface area contributed by atoms with Crippen molar-refractivity contribution in [2.45, 2.75) is 109 Å². The van der Waals surface area contributed by atoms with Gasteiger partial charge in [0, 0.05) is 19.5 Å². The molecule has 4 saturated carbocycles. The lowest BCUT2D eigenvalue weighted by atomic mass is 9.43. The van der Waals surface area contributed by atoms with E-state index < -0.39 is 15.4 Å². The molecule has 1 saturated heterocycles. The first kappa shape index (κ1) is 26.9. The van der Waals surface area contributed by atoms with Crippen molar-refractivity contribution in [2.75, 3.05) is 13.1 Å². The maximum absolute atomic E-state index is 12.8. The third-order valence-corrected chi connectivity index (χ3v) is 13.4. The molecule has 7 nitrogen and oxygen atoms in total. The van der Waals surface area contributed by atoms with E-state index >= 15 is 0 Å². The molecule has 5 rings (SSSR count). The summed E-state index contributed by atoms with van der Waals surface area (Å²) >= 11 is 0. The average molecular weight is 525 g/mol. The third-order valence-electron chi connectivity index (χ3n) is 12.2. The molecule has 1 aliphatic heterocycles. The first-order valence-corrected chi connectivity index (χ1v) is 15.9. The van der Waals surface area contributed by atoms with Gasteiger partial charge in [0.2, 0.25) is 5.91 Å². The number of aliphatic hydroxyl groups is 2. The Kier molecular flexibility index (Phi) is 7.09. The fraction of sp³-hybridized carbons (Fsp3) is 0.964. The number of nitrogens with zero attached hydrogens (tertiary/aromatic N) is 1. The Morgan fingerprint density at radius 3 is 2.50 bits per heavy atom. The Hall–Kier alpha value is -0.700. The van der Waals surface area contributed by atoms with E-state index in [1.54, 1.807) is 4.90 Å². The molecule has 0 radical (unpaired) electrons. The molecule has 5 aliphatic rings. The number of amides is 1. The van der Waals surface area contributed by atoms with Gasteiger partial charge in [-0.1, -0.05) is 20.8 Å². The minimum Gasteiger partial charge on any atom is -0.748 e. The predicted octanol–water partition coefficient (Wildman–Crippen LogP) is 3.54. The zero-order chi connectivity index (χ0) is 26.0. The zero-order valence-electron chi connectivity index (χ0n) is 22.3. The number of rotatable bonds is 5. The van der Waals surface area contributed by atoms with Crippen LogP contribution in [0.15, 0.2) is 0 Å². The molecule has 0 bridgehead atoms. The van der Waals surface area contributed by atoms with Crippen LogP contribution < -0.4 is 0 Å². The molecule has 0 spiro atoms. The lowest BCUT2D eigenvalue weighted by Gasteiger charge is -2.62. The summed E-state index contributed by atoms with van der Waals surface area (Å²) in [4.78, 5) is 14.4. The van der Waals surface area contributed by atoms with Crippen LogP contribution in [0, 0.1) is 46.3 Å². The highest BCUT2D eigenvalue weighted by atomic mass is 32.2. The van der Waals surface area contributed by atoms with Crippen molar-refractivity contribution in [3.63, 3.8) is 0 Å². The van der Waals surface area contributed by atoms with Crippen LogP contribution in [-0.4, -0.2) is 64.5 Å². The molecule has 4 aliphatic carbocycles. The van der Waals surface area contributed by atoms with Crippen LogP contribution in [0.5, 0.6) is 0 Å². The van der Waals surface area contributed by atoms with E-state index in [1.165, 1.54) is 12.8 Å². The highest BCUT2D eigenvalue weighted by molar-refractivity contribution is 7.86. The summed E-state index contributed by atoms with van der Waals surface area (Å²) in [5.74, 6) is 2.88. The van der Waals surface area contributed by atoms with Crippen LogP contribution in [0.25, 0.3) is 0 Å². The van der Waals surface area contributed by atoms with Crippen molar-refractivity contribution in [1.29, 1.82) is 0 Å². The Labute approximate surface area is 217 Å². The van der Waals surface area contributed by atoms with E-state index in [9.17, 15) is 28.0 Å². The maximum Gasteiger partial charge on any atom is 0.222 e. The fourth-order valence-corrected chi connectivity index (χ4v) is 10.8.